The van der Waals surface area contributed by atoms with Crippen LogP contribution in [0.25, 0.3) is 27.7 Å². The molecule has 1 N–H and O–H groups in total. The Kier molecular flexibility index (Phi) is 4.71. The van der Waals surface area contributed by atoms with Crippen LogP contribution in [0.15, 0.2) is 82.8 Å². The number of hydrogen-bond acceptors (Lipinski definition) is 5. The second-order valence-electron chi connectivity index (χ2n) is 10.2. The molecule has 1 aromatic heterocycles. The Morgan fingerprint density at radius 2 is 1.83 bits per heavy atom. The van der Waals surface area contributed by atoms with E-state index in [0.29, 0.717) is 23.5 Å². The highest BCUT2D eigenvalue weighted by atomic mass is 16.4. The maximum absolute atomic E-state index is 13.6. The number of Topliss-reactive ketones (excluding diaryl/α,β-unsaturated/α-hetero) is 1. The second-order valence-corrected chi connectivity index (χ2v) is 10.2. The minimum absolute atomic E-state index is 0.0896. The summed E-state index contributed by atoms with van der Waals surface area (Å²) in [6.07, 6.45) is 1.28. The Morgan fingerprint density at radius 3 is 2.66 bits per heavy atom. The lowest BCUT2D eigenvalue weighted by atomic mass is 9.68. The van der Waals surface area contributed by atoms with Crippen LogP contribution in [0.5, 0.6) is 0 Å². The summed E-state index contributed by atoms with van der Waals surface area (Å²) in [6.45, 7) is 4.29. The fraction of sp³-hybridized carbons (Fsp3) is 0.200. The van der Waals surface area contributed by atoms with Gasteiger partial charge in [-0.3, -0.25) is 4.79 Å². The van der Waals surface area contributed by atoms with Gasteiger partial charge in [0.1, 0.15) is 17.6 Å². The van der Waals surface area contributed by atoms with Crippen LogP contribution >= 0.6 is 0 Å². The Bertz CT molecular complexity index is 1560. The molecule has 4 aromatic rings. The number of carboxylic acids is 1. The van der Waals surface area contributed by atoms with Crippen LogP contribution in [0.2, 0.25) is 0 Å². The summed E-state index contributed by atoms with van der Waals surface area (Å²) in [7, 11) is 0. The molecule has 0 saturated heterocycles. The normalized spacial score (nSPS) is 18.7. The van der Waals surface area contributed by atoms with Crippen LogP contribution in [0.1, 0.15) is 54.4 Å². The molecule has 35 heavy (non-hydrogen) atoms. The number of anilines is 1. The van der Waals surface area contributed by atoms with Crippen molar-refractivity contribution in [3.8, 4) is 11.3 Å². The number of allylic oxidation sites excluding steroid dienone is 1. The molecule has 2 heterocycles. The first-order valence-corrected chi connectivity index (χ1v) is 11.8. The van der Waals surface area contributed by atoms with E-state index in [4.69, 9.17) is 4.42 Å². The first-order valence-electron chi connectivity index (χ1n) is 11.8. The lowest BCUT2D eigenvalue weighted by Crippen LogP contribution is -2.33. The van der Waals surface area contributed by atoms with Gasteiger partial charge in [0.25, 0.3) is 0 Å². The largest absolute Gasteiger partial charge is 0.545 e. The standard InChI is InChI=1S/C30H25NO4/c1-30(2)15-21-26-20-9-4-3-6-17(20)10-11-22(26)31-28(27(21)23(32)16-30)25-13-12-24(35-25)18-7-5-8-19(14-18)29(33)34/h3-14,28,31H,15-16H2,1-2H3,(H,33,34)/p-1/t28-/m1/s1. The molecule has 5 nitrogen and oxygen atoms in total. The van der Waals surface area contributed by atoms with E-state index in [2.05, 4.69) is 43.4 Å². The van der Waals surface area contributed by atoms with Gasteiger partial charge in [-0.05, 0) is 58.0 Å². The smallest absolute Gasteiger partial charge is 0.162 e. The number of aromatic carboxylic acids is 1. The summed E-state index contributed by atoms with van der Waals surface area (Å²) in [5, 5.41) is 17.2. The SMILES string of the molecule is CC1(C)CC(=O)C2=C(C1)c1c(ccc3ccccc13)N[C@@H]2c1ccc(-c2cccc(C(=O)[O-])c2)o1. The molecule has 1 aliphatic carbocycles. The van der Waals surface area contributed by atoms with E-state index in [1.54, 1.807) is 12.1 Å². The zero-order valence-electron chi connectivity index (χ0n) is 19.6. The highest BCUT2D eigenvalue weighted by molar-refractivity contribution is 6.12. The number of carbonyl (C=O) groups is 2. The first-order chi connectivity index (χ1) is 16.8. The van der Waals surface area contributed by atoms with Crippen molar-refractivity contribution in [2.45, 2.75) is 32.7 Å². The molecule has 1 aliphatic heterocycles. The highest BCUT2D eigenvalue weighted by Gasteiger charge is 2.41. The number of carboxylic acid groups (broad SMARTS) is 1. The summed E-state index contributed by atoms with van der Waals surface area (Å²) in [6, 6.07) is 22.2. The van der Waals surface area contributed by atoms with E-state index in [1.807, 2.05) is 24.3 Å². The molecule has 174 valence electrons. The summed E-state index contributed by atoms with van der Waals surface area (Å²) < 4.78 is 6.23. The van der Waals surface area contributed by atoms with Crippen molar-refractivity contribution in [3.63, 3.8) is 0 Å². The van der Waals surface area contributed by atoms with Gasteiger partial charge in [-0.2, -0.15) is 0 Å². The Labute approximate surface area is 203 Å². The molecule has 3 aromatic carbocycles. The van der Waals surface area contributed by atoms with Crippen molar-refractivity contribution < 1.29 is 19.1 Å². The van der Waals surface area contributed by atoms with Gasteiger partial charge in [-0.25, -0.2) is 0 Å². The fourth-order valence-corrected chi connectivity index (χ4v) is 5.51. The van der Waals surface area contributed by atoms with Crippen LogP contribution in [-0.2, 0) is 4.79 Å². The number of nitrogens with one attached hydrogen (secondary N) is 1. The molecule has 0 unspecified atom stereocenters. The molecule has 1 atom stereocenters. The third kappa shape index (κ3) is 3.55. The van der Waals surface area contributed by atoms with Gasteiger partial charge in [0.2, 0.25) is 0 Å². The van der Waals surface area contributed by atoms with E-state index < -0.39 is 12.0 Å². The van der Waals surface area contributed by atoms with Crippen molar-refractivity contribution >= 4 is 33.8 Å². The molecule has 6 rings (SSSR count). The fourth-order valence-electron chi connectivity index (χ4n) is 5.51. The quantitative estimate of drug-likeness (QED) is 0.418. The molecule has 0 bridgehead atoms. The van der Waals surface area contributed by atoms with E-state index in [0.717, 1.165) is 39.6 Å². The van der Waals surface area contributed by atoms with Gasteiger partial charge in [-0.15, -0.1) is 0 Å². The van der Waals surface area contributed by atoms with Gasteiger partial charge >= 0.3 is 0 Å². The predicted molar refractivity (Wildman–Crippen MR) is 134 cm³/mol. The Morgan fingerprint density at radius 1 is 1.00 bits per heavy atom. The lowest BCUT2D eigenvalue weighted by molar-refractivity contribution is -0.255. The van der Waals surface area contributed by atoms with Crippen molar-refractivity contribution in [3.05, 3.63) is 95.3 Å². The van der Waals surface area contributed by atoms with E-state index in [-0.39, 0.29) is 16.8 Å². The first kappa shape index (κ1) is 21.4. The maximum atomic E-state index is 13.6. The summed E-state index contributed by atoms with van der Waals surface area (Å²) in [5.74, 6) is 0.0593. The molecular formula is C30H24NO4-. The number of benzene rings is 3. The molecular weight excluding hydrogens is 438 g/mol. The minimum atomic E-state index is -1.23. The van der Waals surface area contributed by atoms with Crippen LogP contribution in [-0.4, -0.2) is 11.8 Å². The predicted octanol–water partition coefficient (Wildman–Crippen LogP) is 5.77. The number of hydrogen-bond donors (Lipinski definition) is 1. The molecule has 0 spiro atoms. The molecule has 0 amide bonds. The van der Waals surface area contributed by atoms with Gasteiger partial charge in [0.05, 0.1) is 5.97 Å². The Hall–Kier alpha value is -4.12. The number of ketones is 1. The zero-order valence-corrected chi connectivity index (χ0v) is 19.6. The molecule has 0 saturated carbocycles. The summed E-state index contributed by atoms with van der Waals surface area (Å²) in [5.41, 5.74) is 4.53. The van der Waals surface area contributed by atoms with E-state index in [9.17, 15) is 14.7 Å². The monoisotopic (exact) mass is 462 g/mol. The van der Waals surface area contributed by atoms with Crippen LogP contribution in [0.4, 0.5) is 5.69 Å². The van der Waals surface area contributed by atoms with Gasteiger partial charge in [-0.1, -0.05) is 62.4 Å². The summed E-state index contributed by atoms with van der Waals surface area (Å²) in [4.78, 5) is 24.9. The molecule has 5 heteroatoms. The molecule has 0 radical (unpaired) electrons. The van der Waals surface area contributed by atoms with Gasteiger partial charge < -0.3 is 19.6 Å². The van der Waals surface area contributed by atoms with Crippen LogP contribution in [0, 0.1) is 5.41 Å². The molecule has 0 fully saturated rings. The Balaban J connectivity index is 1.50. The average Bonchev–Trinajstić information content (AvgIpc) is 3.33. The minimum Gasteiger partial charge on any atom is -0.545 e. The van der Waals surface area contributed by atoms with Crippen molar-refractivity contribution in [2.24, 2.45) is 5.41 Å². The number of rotatable bonds is 3. The highest BCUT2D eigenvalue weighted by Crippen LogP contribution is 2.52. The average molecular weight is 463 g/mol. The maximum Gasteiger partial charge on any atom is 0.162 e. The van der Waals surface area contributed by atoms with Crippen molar-refractivity contribution in [1.82, 2.24) is 0 Å². The van der Waals surface area contributed by atoms with Crippen LogP contribution < -0.4 is 10.4 Å². The number of furan rings is 1. The number of carbonyl (C=O) groups excluding carboxylic acids is 2. The molecule has 2 aliphatic rings. The lowest BCUT2D eigenvalue weighted by Gasteiger charge is -2.39. The van der Waals surface area contributed by atoms with Crippen LogP contribution in [0.3, 0.4) is 0 Å². The second kappa shape index (κ2) is 7.70. The topological polar surface area (TPSA) is 82.4 Å². The third-order valence-corrected chi connectivity index (χ3v) is 7.03. The van der Waals surface area contributed by atoms with Crippen molar-refractivity contribution in [2.75, 3.05) is 5.32 Å². The van der Waals surface area contributed by atoms with E-state index in [1.165, 1.54) is 12.1 Å². The number of fused-ring (bicyclic) bond motifs is 4. The summed E-state index contributed by atoms with van der Waals surface area (Å²) >= 11 is 0. The van der Waals surface area contributed by atoms with Gasteiger partial charge in [0, 0.05) is 28.8 Å². The van der Waals surface area contributed by atoms with Crippen molar-refractivity contribution in [1.29, 1.82) is 0 Å². The zero-order chi connectivity index (χ0) is 24.3. The third-order valence-electron chi connectivity index (χ3n) is 7.03. The van der Waals surface area contributed by atoms with E-state index >= 15 is 0 Å². The van der Waals surface area contributed by atoms with Gasteiger partial charge in [0.15, 0.2) is 5.78 Å².